The van der Waals surface area contributed by atoms with E-state index in [1.807, 2.05) is 4.90 Å². The summed E-state index contributed by atoms with van der Waals surface area (Å²) in [4.78, 5) is 13.9. The van der Waals surface area contributed by atoms with E-state index in [1.165, 1.54) is 12.8 Å². The molecular weight excluding hydrogens is 292 g/mol. The van der Waals surface area contributed by atoms with E-state index in [-0.39, 0.29) is 30.5 Å². The Labute approximate surface area is 133 Å². The molecule has 0 radical (unpaired) electrons. The Morgan fingerprint density at radius 2 is 1.95 bits per heavy atom. The highest BCUT2D eigenvalue weighted by Gasteiger charge is 2.31. The van der Waals surface area contributed by atoms with Gasteiger partial charge in [0.2, 0.25) is 5.91 Å². The summed E-state index contributed by atoms with van der Waals surface area (Å²) >= 11 is 0. The number of piperidine rings is 1. The van der Waals surface area contributed by atoms with E-state index in [0.717, 1.165) is 39.0 Å². The van der Waals surface area contributed by atoms with E-state index >= 15 is 0 Å². The maximum Gasteiger partial charge on any atom is 0.242 e. The van der Waals surface area contributed by atoms with Gasteiger partial charge < -0.3 is 20.1 Å². The Hall–Kier alpha value is -0.360. The van der Waals surface area contributed by atoms with Gasteiger partial charge in [0.15, 0.2) is 0 Å². The summed E-state index contributed by atoms with van der Waals surface area (Å²) in [5.41, 5.74) is 5.09. The Bertz CT molecular complexity index is 319. The third-order valence-electron chi connectivity index (χ3n) is 4.07. The number of amides is 1. The second-order valence-electron chi connectivity index (χ2n) is 6.54. The van der Waals surface area contributed by atoms with Crippen molar-refractivity contribution >= 4 is 18.3 Å². The van der Waals surface area contributed by atoms with Crippen molar-refractivity contribution in [3.63, 3.8) is 0 Å². The molecule has 1 amide bonds. The molecule has 6 heteroatoms. The molecule has 2 aliphatic heterocycles. The fraction of sp³-hybridized carbons (Fsp3) is 0.933. The van der Waals surface area contributed by atoms with Crippen LogP contribution in [0.2, 0.25) is 0 Å². The van der Waals surface area contributed by atoms with Crippen molar-refractivity contribution in [2.75, 3.05) is 26.3 Å². The second kappa shape index (κ2) is 8.32. The van der Waals surface area contributed by atoms with Crippen LogP contribution in [0.5, 0.6) is 0 Å². The summed E-state index contributed by atoms with van der Waals surface area (Å²) in [6.45, 7) is 6.58. The third kappa shape index (κ3) is 5.74. The van der Waals surface area contributed by atoms with Crippen LogP contribution in [0, 0.1) is 0 Å². The summed E-state index contributed by atoms with van der Waals surface area (Å²) in [5.74, 6) is 0.0339. The van der Waals surface area contributed by atoms with Crippen LogP contribution in [0.15, 0.2) is 0 Å². The minimum atomic E-state index is -0.774. The largest absolute Gasteiger partial charge is 0.376 e. The number of ether oxygens (including phenoxy) is 2. The third-order valence-corrected chi connectivity index (χ3v) is 4.07. The number of hydrogen-bond acceptors (Lipinski definition) is 4. The number of carbonyl (C=O) groups is 1. The van der Waals surface area contributed by atoms with Crippen molar-refractivity contribution in [3.8, 4) is 0 Å². The van der Waals surface area contributed by atoms with Crippen LogP contribution in [0.4, 0.5) is 0 Å². The predicted molar refractivity (Wildman–Crippen MR) is 84.7 cm³/mol. The van der Waals surface area contributed by atoms with E-state index in [4.69, 9.17) is 15.2 Å². The van der Waals surface area contributed by atoms with Crippen molar-refractivity contribution in [2.45, 2.75) is 63.7 Å². The highest BCUT2D eigenvalue weighted by Crippen LogP contribution is 2.19. The molecule has 0 saturated carbocycles. The van der Waals surface area contributed by atoms with Gasteiger partial charge >= 0.3 is 0 Å². The molecule has 2 saturated heterocycles. The summed E-state index contributed by atoms with van der Waals surface area (Å²) in [6, 6.07) is 0. The average molecular weight is 321 g/mol. The first kappa shape index (κ1) is 18.7. The molecule has 0 aromatic rings. The first-order valence-electron chi connectivity index (χ1n) is 7.78. The van der Waals surface area contributed by atoms with Gasteiger partial charge in [0.25, 0.3) is 0 Å². The van der Waals surface area contributed by atoms with Gasteiger partial charge in [-0.3, -0.25) is 4.79 Å². The van der Waals surface area contributed by atoms with Crippen LogP contribution in [0.1, 0.15) is 46.0 Å². The molecule has 21 heavy (non-hydrogen) atoms. The predicted octanol–water partition coefficient (Wildman–Crippen LogP) is 1.72. The van der Waals surface area contributed by atoms with Gasteiger partial charge in [-0.25, -0.2) is 0 Å². The van der Waals surface area contributed by atoms with Gasteiger partial charge in [-0.2, -0.15) is 0 Å². The second-order valence-corrected chi connectivity index (χ2v) is 6.54. The minimum Gasteiger partial charge on any atom is -0.376 e. The Kier molecular flexibility index (Phi) is 7.40. The molecule has 0 aromatic carbocycles. The van der Waals surface area contributed by atoms with E-state index in [0.29, 0.717) is 6.61 Å². The minimum absolute atomic E-state index is 0. The Morgan fingerprint density at radius 3 is 2.48 bits per heavy atom. The van der Waals surface area contributed by atoms with E-state index < -0.39 is 5.54 Å². The molecule has 1 unspecified atom stereocenters. The molecule has 0 aliphatic carbocycles. The quantitative estimate of drug-likeness (QED) is 0.856. The van der Waals surface area contributed by atoms with Gasteiger partial charge in [-0.1, -0.05) is 0 Å². The Morgan fingerprint density at radius 1 is 1.29 bits per heavy atom. The van der Waals surface area contributed by atoms with Crippen LogP contribution in [-0.2, 0) is 14.3 Å². The number of likely N-dealkylation sites (tertiary alicyclic amines) is 1. The lowest BCUT2D eigenvalue weighted by Gasteiger charge is -2.36. The summed E-state index contributed by atoms with van der Waals surface area (Å²) in [5, 5.41) is 0. The normalized spacial score (nSPS) is 24.5. The molecule has 2 rings (SSSR count). The summed E-state index contributed by atoms with van der Waals surface area (Å²) in [6.07, 6.45) is 5.84. The molecule has 0 spiro atoms. The van der Waals surface area contributed by atoms with E-state index in [1.54, 1.807) is 13.8 Å². The van der Waals surface area contributed by atoms with Crippen LogP contribution in [0.25, 0.3) is 0 Å². The van der Waals surface area contributed by atoms with E-state index in [2.05, 4.69) is 0 Å². The first-order valence-corrected chi connectivity index (χ1v) is 7.78. The van der Waals surface area contributed by atoms with Gasteiger partial charge in [0, 0.05) is 19.7 Å². The first-order chi connectivity index (χ1) is 9.47. The zero-order valence-corrected chi connectivity index (χ0v) is 14.0. The van der Waals surface area contributed by atoms with E-state index in [9.17, 15) is 4.79 Å². The van der Waals surface area contributed by atoms with Crippen molar-refractivity contribution < 1.29 is 14.3 Å². The molecule has 1 atom stereocenters. The molecular formula is C15H29ClN2O3. The van der Waals surface area contributed by atoms with Crippen LogP contribution in [-0.4, -0.2) is 54.9 Å². The number of halogens is 1. The maximum absolute atomic E-state index is 12.1. The molecule has 5 nitrogen and oxygen atoms in total. The van der Waals surface area contributed by atoms with Crippen molar-refractivity contribution in [3.05, 3.63) is 0 Å². The van der Waals surface area contributed by atoms with Crippen LogP contribution >= 0.6 is 12.4 Å². The lowest BCUT2D eigenvalue weighted by Crippen LogP contribution is -2.53. The SMILES string of the molecule is CC(C)(N)C(=O)N1CCC(OCC2CCCCO2)CC1.Cl. The molecule has 2 fully saturated rings. The number of rotatable bonds is 4. The molecule has 2 heterocycles. The van der Waals surface area contributed by atoms with Gasteiger partial charge in [0.05, 0.1) is 24.4 Å². The summed E-state index contributed by atoms with van der Waals surface area (Å²) < 4.78 is 11.6. The number of nitrogens with zero attached hydrogens (tertiary/aromatic N) is 1. The lowest BCUT2D eigenvalue weighted by molar-refractivity contribution is -0.139. The molecule has 2 N–H and O–H groups in total. The highest BCUT2D eigenvalue weighted by molar-refractivity contribution is 5.85. The van der Waals surface area contributed by atoms with Crippen molar-refractivity contribution in [2.24, 2.45) is 5.73 Å². The van der Waals surface area contributed by atoms with Crippen LogP contribution < -0.4 is 5.73 Å². The molecule has 0 bridgehead atoms. The van der Waals surface area contributed by atoms with Gasteiger partial charge in [-0.15, -0.1) is 12.4 Å². The van der Waals surface area contributed by atoms with Gasteiger partial charge in [0.1, 0.15) is 0 Å². The van der Waals surface area contributed by atoms with Gasteiger partial charge in [-0.05, 0) is 46.0 Å². The fourth-order valence-electron chi connectivity index (χ4n) is 2.82. The molecule has 2 aliphatic rings. The molecule has 0 aromatic heterocycles. The highest BCUT2D eigenvalue weighted by atomic mass is 35.5. The number of carbonyl (C=O) groups excluding carboxylic acids is 1. The summed E-state index contributed by atoms with van der Waals surface area (Å²) in [7, 11) is 0. The van der Waals surface area contributed by atoms with Crippen molar-refractivity contribution in [1.29, 1.82) is 0 Å². The zero-order valence-electron chi connectivity index (χ0n) is 13.2. The number of hydrogen-bond donors (Lipinski definition) is 1. The smallest absolute Gasteiger partial charge is 0.242 e. The maximum atomic E-state index is 12.1. The van der Waals surface area contributed by atoms with Crippen molar-refractivity contribution in [1.82, 2.24) is 4.90 Å². The standard InChI is InChI=1S/C15H28N2O3.ClH/c1-15(2,16)14(18)17-8-6-12(7-9-17)20-11-13-5-3-4-10-19-13;/h12-13H,3-11,16H2,1-2H3;1H. The Balaban J connectivity index is 0.00000220. The molecule has 124 valence electrons. The lowest BCUT2D eigenvalue weighted by atomic mass is 10.0. The number of nitrogens with two attached hydrogens (primary N) is 1. The topological polar surface area (TPSA) is 64.8 Å². The average Bonchev–Trinajstić information content (AvgIpc) is 2.45. The fourth-order valence-corrected chi connectivity index (χ4v) is 2.82. The van der Waals surface area contributed by atoms with Crippen LogP contribution in [0.3, 0.4) is 0 Å². The monoisotopic (exact) mass is 320 g/mol. The zero-order chi connectivity index (χ0) is 14.6.